The molecule has 0 spiro atoms. The number of halogens is 1. The Balaban J connectivity index is 0.00000261. The third-order valence-electron chi connectivity index (χ3n) is 5.07. The third kappa shape index (κ3) is 4.93. The zero-order valence-electron chi connectivity index (χ0n) is 15.9. The number of ether oxygens (including phenoxy) is 2. The second-order valence-corrected chi connectivity index (χ2v) is 6.70. The molecule has 1 heterocycles. The molecule has 1 aliphatic rings. The van der Waals surface area contributed by atoms with Crippen LogP contribution in [-0.2, 0) is 4.79 Å². The van der Waals surface area contributed by atoms with Crippen molar-refractivity contribution in [3.63, 3.8) is 0 Å². The van der Waals surface area contributed by atoms with E-state index >= 15 is 0 Å². The molecule has 1 fully saturated rings. The van der Waals surface area contributed by atoms with E-state index in [1.807, 2.05) is 55.5 Å². The molecule has 1 atom stereocenters. The van der Waals surface area contributed by atoms with Crippen molar-refractivity contribution in [3.05, 3.63) is 59.7 Å². The van der Waals surface area contributed by atoms with Gasteiger partial charge in [0.2, 0.25) is 5.91 Å². The van der Waals surface area contributed by atoms with Gasteiger partial charge < -0.3 is 20.1 Å². The molecular formula is C21H27ClN2O3. The highest BCUT2D eigenvalue weighted by atomic mass is 35.5. The third-order valence-corrected chi connectivity index (χ3v) is 5.07. The van der Waals surface area contributed by atoms with Gasteiger partial charge in [-0.2, -0.15) is 0 Å². The molecule has 146 valence electrons. The first-order valence-corrected chi connectivity index (χ1v) is 8.91. The van der Waals surface area contributed by atoms with Gasteiger partial charge in [-0.25, -0.2) is 0 Å². The van der Waals surface area contributed by atoms with Crippen LogP contribution in [0.3, 0.4) is 0 Å². The minimum atomic E-state index is -0.261. The fraction of sp³-hybridized carbons (Fsp3) is 0.381. The predicted molar refractivity (Wildman–Crippen MR) is 109 cm³/mol. The fourth-order valence-corrected chi connectivity index (χ4v) is 3.15. The van der Waals surface area contributed by atoms with Gasteiger partial charge in [0.15, 0.2) is 0 Å². The SMILES string of the molecule is COc1cccc(C(NC(=O)C(C)C2CNC2)c2cccc(OC)c2)c1.Cl. The Morgan fingerprint density at radius 3 is 1.96 bits per heavy atom. The normalized spacial score (nSPS) is 14.7. The number of amides is 1. The van der Waals surface area contributed by atoms with Crippen LogP contribution in [0.25, 0.3) is 0 Å². The van der Waals surface area contributed by atoms with Crippen molar-refractivity contribution >= 4 is 18.3 Å². The minimum Gasteiger partial charge on any atom is -0.497 e. The minimum absolute atomic E-state index is 0. The lowest BCUT2D eigenvalue weighted by Crippen LogP contribution is -2.50. The van der Waals surface area contributed by atoms with E-state index in [-0.39, 0.29) is 30.3 Å². The Morgan fingerprint density at radius 2 is 1.56 bits per heavy atom. The number of nitrogens with one attached hydrogen (secondary N) is 2. The molecule has 1 aliphatic heterocycles. The summed E-state index contributed by atoms with van der Waals surface area (Å²) in [6.07, 6.45) is 0. The number of carbonyl (C=O) groups is 1. The van der Waals surface area contributed by atoms with Crippen molar-refractivity contribution in [2.75, 3.05) is 27.3 Å². The van der Waals surface area contributed by atoms with Gasteiger partial charge in [0.05, 0.1) is 20.3 Å². The molecular weight excluding hydrogens is 364 g/mol. The number of benzene rings is 2. The molecule has 2 aromatic carbocycles. The second-order valence-electron chi connectivity index (χ2n) is 6.70. The maximum absolute atomic E-state index is 12.8. The summed E-state index contributed by atoms with van der Waals surface area (Å²) in [5.41, 5.74) is 1.95. The molecule has 0 saturated carbocycles. The molecule has 5 nitrogen and oxygen atoms in total. The van der Waals surface area contributed by atoms with Gasteiger partial charge in [-0.3, -0.25) is 4.79 Å². The van der Waals surface area contributed by atoms with Gasteiger partial charge in [-0.05, 0) is 54.4 Å². The molecule has 1 unspecified atom stereocenters. The first kappa shape index (κ1) is 21.1. The number of hydrogen-bond acceptors (Lipinski definition) is 4. The quantitative estimate of drug-likeness (QED) is 0.762. The molecule has 6 heteroatoms. The molecule has 0 aromatic heterocycles. The van der Waals surface area contributed by atoms with E-state index in [9.17, 15) is 4.79 Å². The van der Waals surface area contributed by atoms with Crippen LogP contribution in [0.4, 0.5) is 0 Å². The molecule has 3 rings (SSSR count). The summed E-state index contributed by atoms with van der Waals surface area (Å²) < 4.78 is 10.7. The Labute approximate surface area is 166 Å². The number of rotatable bonds is 7. The highest BCUT2D eigenvalue weighted by Crippen LogP contribution is 2.28. The summed E-state index contributed by atoms with van der Waals surface area (Å²) >= 11 is 0. The van der Waals surface area contributed by atoms with Gasteiger partial charge >= 0.3 is 0 Å². The van der Waals surface area contributed by atoms with Crippen molar-refractivity contribution in [1.29, 1.82) is 0 Å². The molecule has 2 N–H and O–H groups in total. The van der Waals surface area contributed by atoms with E-state index < -0.39 is 0 Å². The van der Waals surface area contributed by atoms with Crippen LogP contribution >= 0.6 is 12.4 Å². The zero-order valence-corrected chi connectivity index (χ0v) is 16.7. The highest BCUT2D eigenvalue weighted by molar-refractivity contribution is 5.85. The van der Waals surface area contributed by atoms with Gasteiger partial charge in [-0.1, -0.05) is 31.2 Å². The van der Waals surface area contributed by atoms with E-state index in [2.05, 4.69) is 10.6 Å². The number of hydrogen-bond donors (Lipinski definition) is 2. The van der Waals surface area contributed by atoms with Gasteiger partial charge in [-0.15, -0.1) is 12.4 Å². The van der Waals surface area contributed by atoms with Crippen molar-refractivity contribution in [3.8, 4) is 11.5 Å². The summed E-state index contributed by atoms with van der Waals surface area (Å²) in [7, 11) is 3.29. The van der Waals surface area contributed by atoms with E-state index in [4.69, 9.17) is 9.47 Å². The van der Waals surface area contributed by atoms with Crippen LogP contribution in [0, 0.1) is 11.8 Å². The molecule has 27 heavy (non-hydrogen) atoms. The standard InChI is InChI=1S/C21H26N2O3.ClH/c1-14(17-12-22-13-17)21(24)23-20(15-6-4-8-18(10-15)25-2)16-7-5-9-19(11-16)26-3;/h4-11,14,17,20,22H,12-13H2,1-3H3,(H,23,24);1H. The fourth-order valence-electron chi connectivity index (χ4n) is 3.15. The molecule has 0 bridgehead atoms. The van der Waals surface area contributed by atoms with Crippen molar-refractivity contribution in [2.45, 2.75) is 13.0 Å². The van der Waals surface area contributed by atoms with Crippen LogP contribution in [0.2, 0.25) is 0 Å². The monoisotopic (exact) mass is 390 g/mol. The van der Waals surface area contributed by atoms with Crippen LogP contribution < -0.4 is 20.1 Å². The average molecular weight is 391 g/mol. The summed E-state index contributed by atoms with van der Waals surface area (Å²) in [6, 6.07) is 15.3. The largest absolute Gasteiger partial charge is 0.497 e. The molecule has 1 amide bonds. The molecule has 1 saturated heterocycles. The average Bonchev–Trinajstić information content (AvgIpc) is 2.64. The maximum Gasteiger partial charge on any atom is 0.223 e. The van der Waals surface area contributed by atoms with Crippen molar-refractivity contribution in [2.24, 2.45) is 11.8 Å². The number of methoxy groups -OCH3 is 2. The molecule has 0 aliphatic carbocycles. The summed E-state index contributed by atoms with van der Waals surface area (Å²) in [5, 5.41) is 6.45. The Kier molecular flexibility index (Phi) is 7.51. The van der Waals surface area contributed by atoms with Gasteiger partial charge in [0, 0.05) is 5.92 Å². The smallest absolute Gasteiger partial charge is 0.223 e. The lowest BCUT2D eigenvalue weighted by molar-refractivity contribution is -0.127. The summed E-state index contributed by atoms with van der Waals surface area (Å²) in [6.45, 7) is 3.80. The molecule has 0 radical (unpaired) electrons. The van der Waals surface area contributed by atoms with E-state index in [1.165, 1.54) is 0 Å². The number of carbonyl (C=O) groups excluding carboxylic acids is 1. The van der Waals surface area contributed by atoms with Gasteiger partial charge in [0.1, 0.15) is 11.5 Å². The van der Waals surface area contributed by atoms with E-state index in [1.54, 1.807) is 14.2 Å². The van der Waals surface area contributed by atoms with Crippen LogP contribution in [-0.4, -0.2) is 33.2 Å². The predicted octanol–water partition coefficient (Wildman–Crippen LogP) is 3.19. The second kappa shape index (κ2) is 9.62. The summed E-state index contributed by atoms with van der Waals surface area (Å²) in [5.74, 6) is 1.95. The maximum atomic E-state index is 12.8. The summed E-state index contributed by atoms with van der Waals surface area (Å²) in [4.78, 5) is 12.8. The lowest BCUT2D eigenvalue weighted by Gasteiger charge is -2.33. The Bertz CT molecular complexity index is 717. The van der Waals surface area contributed by atoms with Crippen LogP contribution in [0.15, 0.2) is 48.5 Å². The molecule has 2 aromatic rings. The topological polar surface area (TPSA) is 59.6 Å². The zero-order chi connectivity index (χ0) is 18.5. The van der Waals surface area contributed by atoms with Crippen molar-refractivity contribution < 1.29 is 14.3 Å². The first-order valence-electron chi connectivity index (χ1n) is 8.91. The first-order chi connectivity index (χ1) is 12.6. The van der Waals surface area contributed by atoms with Gasteiger partial charge in [0.25, 0.3) is 0 Å². The highest BCUT2D eigenvalue weighted by Gasteiger charge is 2.30. The van der Waals surface area contributed by atoms with Crippen LogP contribution in [0.1, 0.15) is 24.1 Å². The Morgan fingerprint density at radius 1 is 1.04 bits per heavy atom. The van der Waals surface area contributed by atoms with Crippen LogP contribution in [0.5, 0.6) is 11.5 Å². The van der Waals surface area contributed by atoms with E-state index in [0.717, 1.165) is 35.7 Å². The Hall–Kier alpha value is -2.24. The van der Waals surface area contributed by atoms with Crippen molar-refractivity contribution in [1.82, 2.24) is 10.6 Å². The lowest BCUT2D eigenvalue weighted by atomic mass is 9.87. The van der Waals surface area contributed by atoms with E-state index in [0.29, 0.717) is 5.92 Å².